The molecular formula is C10H15ClS. The number of alkyl halides is 1. The fraction of sp³-hybridized carbons (Fsp3) is 0.600. The van der Waals surface area contributed by atoms with E-state index in [1.807, 2.05) is 0 Å². The van der Waals surface area contributed by atoms with E-state index >= 15 is 0 Å². The molecule has 0 aromatic carbocycles. The van der Waals surface area contributed by atoms with Crippen molar-refractivity contribution in [1.82, 2.24) is 0 Å². The second-order valence-corrected chi connectivity index (χ2v) is 5.16. The Kier molecular flexibility index (Phi) is 4.10. The zero-order valence-corrected chi connectivity index (χ0v) is 9.16. The molecule has 1 atom stereocenters. The first-order chi connectivity index (χ1) is 5.68. The van der Waals surface area contributed by atoms with Gasteiger partial charge in [0, 0.05) is 10.3 Å². The van der Waals surface area contributed by atoms with Crippen molar-refractivity contribution in [3.8, 4) is 0 Å². The van der Waals surface area contributed by atoms with Crippen molar-refractivity contribution in [3.63, 3.8) is 0 Å². The van der Waals surface area contributed by atoms with Gasteiger partial charge < -0.3 is 0 Å². The molecule has 0 aliphatic carbocycles. The molecule has 0 bridgehead atoms. The van der Waals surface area contributed by atoms with Crippen LogP contribution in [0.1, 0.15) is 25.1 Å². The van der Waals surface area contributed by atoms with Gasteiger partial charge in [0.15, 0.2) is 0 Å². The zero-order valence-electron chi connectivity index (χ0n) is 7.59. The Morgan fingerprint density at radius 2 is 2.25 bits per heavy atom. The average molecular weight is 203 g/mol. The van der Waals surface area contributed by atoms with Crippen LogP contribution in [0.5, 0.6) is 0 Å². The van der Waals surface area contributed by atoms with Crippen LogP contribution in [0, 0.1) is 5.92 Å². The van der Waals surface area contributed by atoms with Gasteiger partial charge in [0.25, 0.3) is 0 Å². The minimum Gasteiger partial charge on any atom is -0.149 e. The van der Waals surface area contributed by atoms with E-state index in [-0.39, 0.29) is 0 Å². The van der Waals surface area contributed by atoms with Crippen molar-refractivity contribution < 1.29 is 0 Å². The highest BCUT2D eigenvalue weighted by Gasteiger charge is 2.08. The van der Waals surface area contributed by atoms with Gasteiger partial charge in [-0.25, -0.2) is 0 Å². The topological polar surface area (TPSA) is 0 Å². The van der Waals surface area contributed by atoms with Crippen LogP contribution >= 0.6 is 22.9 Å². The van der Waals surface area contributed by atoms with Crippen LogP contribution in [0.3, 0.4) is 0 Å². The molecule has 0 N–H and O–H groups in total. The van der Waals surface area contributed by atoms with E-state index in [2.05, 4.69) is 31.4 Å². The third-order valence-electron chi connectivity index (χ3n) is 1.73. The summed E-state index contributed by atoms with van der Waals surface area (Å²) in [6.45, 7) is 4.42. The van der Waals surface area contributed by atoms with Gasteiger partial charge in [-0.3, -0.25) is 0 Å². The van der Waals surface area contributed by atoms with Gasteiger partial charge in [-0.2, -0.15) is 0 Å². The van der Waals surface area contributed by atoms with E-state index in [1.54, 1.807) is 11.3 Å². The van der Waals surface area contributed by atoms with E-state index < -0.39 is 0 Å². The Bertz CT molecular complexity index is 204. The highest BCUT2D eigenvalue weighted by Crippen LogP contribution is 2.18. The van der Waals surface area contributed by atoms with E-state index in [9.17, 15) is 0 Å². The summed E-state index contributed by atoms with van der Waals surface area (Å²) in [5, 5.41) is 2.41. The minimum absolute atomic E-state index is 0.309. The molecule has 68 valence electrons. The van der Waals surface area contributed by atoms with Crippen molar-refractivity contribution in [2.24, 2.45) is 5.92 Å². The summed E-state index contributed by atoms with van der Waals surface area (Å²) >= 11 is 7.97. The Morgan fingerprint density at radius 1 is 1.50 bits per heavy atom. The smallest absolute Gasteiger partial charge is 0.0386 e. The first-order valence-corrected chi connectivity index (χ1v) is 5.66. The summed E-state index contributed by atoms with van der Waals surface area (Å²) in [4.78, 5) is 1.40. The number of thiophene rings is 1. The van der Waals surface area contributed by atoms with Gasteiger partial charge in [0.05, 0.1) is 0 Å². The third kappa shape index (κ3) is 3.59. The lowest BCUT2D eigenvalue weighted by atomic mass is 10.1. The predicted molar refractivity (Wildman–Crippen MR) is 57.1 cm³/mol. The molecule has 0 aliphatic rings. The molecule has 0 amide bonds. The van der Waals surface area contributed by atoms with Gasteiger partial charge in [0.1, 0.15) is 0 Å². The lowest BCUT2D eigenvalue weighted by molar-refractivity contribution is 0.563. The third-order valence-corrected chi connectivity index (χ3v) is 2.96. The Labute approximate surface area is 83.6 Å². The van der Waals surface area contributed by atoms with Crippen LogP contribution in [0.25, 0.3) is 0 Å². The Morgan fingerprint density at radius 3 is 2.75 bits per heavy atom. The predicted octanol–water partition coefficient (Wildman–Crippen LogP) is 3.94. The molecular weight excluding hydrogens is 188 g/mol. The fourth-order valence-corrected chi connectivity index (χ4v) is 2.64. The maximum atomic E-state index is 6.17. The molecule has 0 saturated heterocycles. The summed E-state index contributed by atoms with van der Waals surface area (Å²) in [7, 11) is 0. The van der Waals surface area contributed by atoms with Crippen LogP contribution in [-0.2, 0) is 6.42 Å². The van der Waals surface area contributed by atoms with E-state index in [0.717, 1.165) is 12.8 Å². The monoisotopic (exact) mass is 202 g/mol. The quantitative estimate of drug-likeness (QED) is 0.649. The Hall–Kier alpha value is -0.0100. The number of rotatable bonds is 4. The van der Waals surface area contributed by atoms with E-state index in [4.69, 9.17) is 11.6 Å². The van der Waals surface area contributed by atoms with Gasteiger partial charge in [-0.15, -0.1) is 22.9 Å². The lowest BCUT2D eigenvalue weighted by Crippen LogP contribution is -2.05. The highest BCUT2D eigenvalue weighted by atomic mass is 35.5. The molecule has 12 heavy (non-hydrogen) atoms. The van der Waals surface area contributed by atoms with Crippen molar-refractivity contribution in [1.29, 1.82) is 0 Å². The molecule has 1 aromatic heterocycles. The first kappa shape index (κ1) is 10.1. The summed E-state index contributed by atoms with van der Waals surface area (Å²) in [6.07, 6.45) is 2.14. The lowest BCUT2D eigenvalue weighted by Gasteiger charge is -2.10. The van der Waals surface area contributed by atoms with Crippen molar-refractivity contribution in [3.05, 3.63) is 22.4 Å². The normalized spacial score (nSPS) is 13.7. The van der Waals surface area contributed by atoms with Crippen LogP contribution < -0.4 is 0 Å². The van der Waals surface area contributed by atoms with E-state index in [1.165, 1.54) is 4.88 Å². The zero-order chi connectivity index (χ0) is 8.97. The molecule has 1 unspecified atom stereocenters. The Balaban J connectivity index is 2.32. The van der Waals surface area contributed by atoms with E-state index in [0.29, 0.717) is 11.3 Å². The van der Waals surface area contributed by atoms with Crippen molar-refractivity contribution in [2.75, 3.05) is 0 Å². The van der Waals surface area contributed by atoms with Gasteiger partial charge >= 0.3 is 0 Å². The first-order valence-electron chi connectivity index (χ1n) is 4.35. The van der Waals surface area contributed by atoms with Gasteiger partial charge in [-0.1, -0.05) is 19.9 Å². The minimum atomic E-state index is 0.309. The molecule has 0 nitrogen and oxygen atoms in total. The molecule has 0 radical (unpaired) electrons. The van der Waals surface area contributed by atoms with Crippen molar-refractivity contribution >= 4 is 22.9 Å². The highest BCUT2D eigenvalue weighted by molar-refractivity contribution is 7.09. The number of halogens is 1. The molecule has 0 aliphatic heterocycles. The number of hydrogen-bond donors (Lipinski definition) is 0. The second-order valence-electron chi connectivity index (χ2n) is 3.51. The summed E-state index contributed by atoms with van der Waals surface area (Å²) in [6, 6.07) is 4.24. The maximum absolute atomic E-state index is 6.17. The molecule has 1 rings (SSSR count). The van der Waals surface area contributed by atoms with Crippen LogP contribution in [0.4, 0.5) is 0 Å². The fourth-order valence-electron chi connectivity index (χ4n) is 1.24. The average Bonchev–Trinajstić information content (AvgIpc) is 2.37. The number of hydrogen-bond acceptors (Lipinski definition) is 1. The summed E-state index contributed by atoms with van der Waals surface area (Å²) < 4.78 is 0. The largest absolute Gasteiger partial charge is 0.149 e. The van der Waals surface area contributed by atoms with Crippen LogP contribution in [-0.4, -0.2) is 5.38 Å². The molecule has 1 aromatic rings. The second kappa shape index (κ2) is 4.88. The van der Waals surface area contributed by atoms with Crippen LogP contribution in [0.15, 0.2) is 17.5 Å². The standard InChI is InChI=1S/C10H15ClS/c1-8(2)6-9(11)7-10-4-3-5-12-10/h3-5,8-9H,6-7H2,1-2H3. The van der Waals surface area contributed by atoms with Crippen LogP contribution in [0.2, 0.25) is 0 Å². The molecule has 0 saturated carbocycles. The van der Waals surface area contributed by atoms with Crippen molar-refractivity contribution in [2.45, 2.75) is 32.1 Å². The molecule has 2 heteroatoms. The molecule has 0 spiro atoms. The van der Waals surface area contributed by atoms with Gasteiger partial charge in [-0.05, 0) is 30.2 Å². The molecule has 1 heterocycles. The SMILES string of the molecule is CC(C)CC(Cl)Cc1cccs1. The molecule has 0 fully saturated rings. The van der Waals surface area contributed by atoms with Gasteiger partial charge in [0.2, 0.25) is 0 Å². The summed E-state index contributed by atoms with van der Waals surface area (Å²) in [5.41, 5.74) is 0. The summed E-state index contributed by atoms with van der Waals surface area (Å²) in [5.74, 6) is 0.701. The maximum Gasteiger partial charge on any atom is 0.0386 e.